The van der Waals surface area contributed by atoms with Crippen LogP contribution in [0.4, 0.5) is 5.69 Å². The molecule has 6 nitrogen and oxygen atoms in total. The van der Waals surface area contributed by atoms with Gasteiger partial charge in [-0.05, 0) is 28.1 Å². The number of halogens is 1. The average molecular weight is 372 g/mol. The minimum Gasteiger partial charge on any atom is -0.298 e. The summed E-state index contributed by atoms with van der Waals surface area (Å²) >= 11 is 3.38. The summed E-state index contributed by atoms with van der Waals surface area (Å²) in [6.07, 6.45) is 0.685. The first kappa shape index (κ1) is 15.1. The molecule has 3 rings (SSSR count). The van der Waals surface area contributed by atoms with Crippen molar-refractivity contribution in [1.82, 2.24) is 9.78 Å². The van der Waals surface area contributed by atoms with E-state index in [1.807, 2.05) is 30.3 Å². The number of hydrogen-bond donors (Lipinski definition) is 0. The quantitative estimate of drug-likeness (QED) is 0.394. The molecule has 3 aromatic rings. The van der Waals surface area contributed by atoms with Gasteiger partial charge < -0.3 is 0 Å². The van der Waals surface area contributed by atoms with Crippen LogP contribution in [-0.2, 0) is 0 Å². The van der Waals surface area contributed by atoms with Crippen LogP contribution in [0.2, 0.25) is 0 Å². The second kappa shape index (κ2) is 6.13. The van der Waals surface area contributed by atoms with E-state index in [0.717, 1.165) is 5.69 Å². The molecular weight excluding hydrogens is 362 g/mol. The number of hydrogen-bond acceptors (Lipinski definition) is 4. The summed E-state index contributed by atoms with van der Waals surface area (Å²) in [5.74, 6) is 0. The van der Waals surface area contributed by atoms with Gasteiger partial charge in [0, 0.05) is 17.7 Å². The molecule has 0 bridgehead atoms. The van der Waals surface area contributed by atoms with Crippen LogP contribution < -0.4 is 0 Å². The molecule has 0 aliphatic heterocycles. The molecule has 0 radical (unpaired) electrons. The van der Waals surface area contributed by atoms with E-state index in [9.17, 15) is 14.9 Å². The monoisotopic (exact) mass is 371 g/mol. The van der Waals surface area contributed by atoms with Crippen LogP contribution in [0.1, 0.15) is 10.4 Å². The molecule has 114 valence electrons. The summed E-state index contributed by atoms with van der Waals surface area (Å²) in [6.45, 7) is 0. The van der Waals surface area contributed by atoms with E-state index < -0.39 is 4.92 Å². The van der Waals surface area contributed by atoms with E-state index in [2.05, 4.69) is 21.0 Å². The maximum Gasteiger partial charge on any atom is 0.270 e. The third-order valence-corrected chi connectivity index (χ3v) is 4.08. The minimum absolute atomic E-state index is 0.0512. The van der Waals surface area contributed by atoms with Crippen molar-refractivity contribution < 1.29 is 9.72 Å². The molecule has 0 N–H and O–H groups in total. The second-order valence-corrected chi connectivity index (χ2v) is 5.48. The maximum absolute atomic E-state index is 11.5. The standard InChI is InChI=1S/C16H10BrN3O3/c17-16-14(10-21)15(11-5-4-8-13(9-11)20(22)23)18-19(16)12-6-2-1-3-7-12/h1-10H. The van der Waals surface area contributed by atoms with Gasteiger partial charge in [-0.15, -0.1) is 0 Å². The number of carbonyl (C=O) groups excluding carboxylic acids is 1. The van der Waals surface area contributed by atoms with Gasteiger partial charge in [-0.25, -0.2) is 4.68 Å². The number of para-hydroxylation sites is 1. The smallest absolute Gasteiger partial charge is 0.270 e. The van der Waals surface area contributed by atoms with E-state index in [-0.39, 0.29) is 5.69 Å². The predicted molar refractivity (Wildman–Crippen MR) is 88.7 cm³/mol. The van der Waals surface area contributed by atoms with Crippen LogP contribution in [0, 0.1) is 10.1 Å². The highest BCUT2D eigenvalue weighted by Gasteiger charge is 2.19. The molecule has 7 heteroatoms. The van der Waals surface area contributed by atoms with E-state index in [1.165, 1.54) is 12.1 Å². The first-order valence-corrected chi connectivity index (χ1v) is 7.45. The Bertz CT molecular complexity index is 891. The first-order chi connectivity index (χ1) is 11.1. The average Bonchev–Trinajstić information content (AvgIpc) is 2.92. The molecule has 1 heterocycles. The lowest BCUT2D eigenvalue weighted by atomic mass is 10.1. The highest BCUT2D eigenvalue weighted by molar-refractivity contribution is 9.10. The SMILES string of the molecule is O=Cc1c(-c2cccc([N+](=O)[O-])c2)nn(-c2ccccc2)c1Br. The number of benzene rings is 2. The van der Waals surface area contributed by atoms with E-state index in [1.54, 1.807) is 16.8 Å². The van der Waals surface area contributed by atoms with Crippen LogP contribution >= 0.6 is 15.9 Å². The number of rotatable bonds is 4. The Balaban J connectivity index is 2.19. The van der Waals surface area contributed by atoms with E-state index >= 15 is 0 Å². The molecule has 0 aliphatic carbocycles. The number of aromatic nitrogens is 2. The molecular formula is C16H10BrN3O3. The summed E-state index contributed by atoms with van der Waals surface area (Å²) in [6, 6.07) is 15.3. The topological polar surface area (TPSA) is 78.0 Å². The summed E-state index contributed by atoms with van der Waals surface area (Å²) in [5.41, 5.74) is 1.97. The van der Waals surface area contributed by atoms with Gasteiger partial charge in [-0.3, -0.25) is 14.9 Å². The Morgan fingerprint density at radius 1 is 1.13 bits per heavy atom. The van der Waals surface area contributed by atoms with Gasteiger partial charge in [0.15, 0.2) is 6.29 Å². The molecule has 0 unspecified atom stereocenters. The molecule has 0 amide bonds. The van der Waals surface area contributed by atoms with Crippen LogP contribution in [0.5, 0.6) is 0 Å². The molecule has 1 aromatic heterocycles. The number of aldehydes is 1. The fourth-order valence-electron chi connectivity index (χ4n) is 2.23. The molecule has 0 aliphatic rings. The molecule has 23 heavy (non-hydrogen) atoms. The fourth-order valence-corrected chi connectivity index (χ4v) is 2.80. The van der Waals surface area contributed by atoms with Crippen molar-refractivity contribution in [2.75, 3.05) is 0 Å². The Morgan fingerprint density at radius 3 is 2.52 bits per heavy atom. The lowest BCUT2D eigenvalue weighted by Gasteiger charge is -2.02. The third kappa shape index (κ3) is 2.78. The number of non-ortho nitro benzene ring substituents is 1. The lowest BCUT2D eigenvalue weighted by Crippen LogP contribution is -1.96. The Labute approximate surface area is 139 Å². The minimum atomic E-state index is -0.479. The highest BCUT2D eigenvalue weighted by Crippen LogP contribution is 2.31. The van der Waals surface area contributed by atoms with Crippen molar-refractivity contribution in [3.05, 3.63) is 74.9 Å². The second-order valence-electron chi connectivity index (χ2n) is 4.73. The van der Waals surface area contributed by atoms with Crippen LogP contribution in [0.25, 0.3) is 16.9 Å². The highest BCUT2D eigenvalue weighted by atomic mass is 79.9. The third-order valence-electron chi connectivity index (χ3n) is 3.31. The van der Waals surface area contributed by atoms with Gasteiger partial charge in [-0.1, -0.05) is 30.3 Å². The van der Waals surface area contributed by atoms with Gasteiger partial charge in [0.2, 0.25) is 0 Å². The van der Waals surface area contributed by atoms with Gasteiger partial charge in [0.1, 0.15) is 10.3 Å². The lowest BCUT2D eigenvalue weighted by molar-refractivity contribution is -0.384. The summed E-state index contributed by atoms with van der Waals surface area (Å²) in [4.78, 5) is 21.9. The maximum atomic E-state index is 11.5. The number of carbonyl (C=O) groups is 1. The van der Waals surface area contributed by atoms with Gasteiger partial charge >= 0.3 is 0 Å². The van der Waals surface area contributed by atoms with Crippen molar-refractivity contribution in [3.8, 4) is 16.9 Å². The number of nitro groups is 1. The van der Waals surface area contributed by atoms with Crippen LogP contribution in [0.3, 0.4) is 0 Å². The zero-order chi connectivity index (χ0) is 16.4. The van der Waals surface area contributed by atoms with Crippen molar-refractivity contribution in [1.29, 1.82) is 0 Å². The number of nitro benzene ring substituents is 1. The Kier molecular flexibility index (Phi) is 4.03. The van der Waals surface area contributed by atoms with Crippen molar-refractivity contribution in [3.63, 3.8) is 0 Å². The van der Waals surface area contributed by atoms with Crippen molar-refractivity contribution in [2.24, 2.45) is 0 Å². The van der Waals surface area contributed by atoms with E-state index in [0.29, 0.717) is 27.7 Å². The molecule has 0 saturated carbocycles. The summed E-state index contributed by atoms with van der Waals surface area (Å²) in [7, 11) is 0. The summed E-state index contributed by atoms with van der Waals surface area (Å²) in [5, 5.41) is 15.4. The van der Waals surface area contributed by atoms with Gasteiger partial charge in [-0.2, -0.15) is 5.10 Å². The molecule has 0 fully saturated rings. The van der Waals surface area contributed by atoms with Gasteiger partial charge in [0.05, 0.1) is 16.2 Å². The van der Waals surface area contributed by atoms with Crippen molar-refractivity contribution in [2.45, 2.75) is 0 Å². The summed E-state index contributed by atoms with van der Waals surface area (Å²) < 4.78 is 2.08. The normalized spacial score (nSPS) is 10.5. The van der Waals surface area contributed by atoms with Gasteiger partial charge in [0.25, 0.3) is 5.69 Å². The molecule has 0 spiro atoms. The first-order valence-electron chi connectivity index (χ1n) is 6.65. The zero-order valence-corrected chi connectivity index (χ0v) is 13.3. The Morgan fingerprint density at radius 2 is 1.87 bits per heavy atom. The number of nitrogens with zero attached hydrogens (tertiary/aromatic N) is 3. The van der Waals surface area contributed by atoms with Crippen LogP contribution in [0.15, 0.2) is 59.2 Å². The molecule has 0 atom stereocenters. The van der Waals surface area contributed by atoms with Crippen molar-refractivity contribution >= 4 is 27.9 Å². The zero-order valence-electron chi connectivity index (χ0n) is 11.7. The molecule has 0 saturated heterocycles. The predicted octanol–water partition coefficient (Wildman–Crippen LogP) is 4.02. The fraction of sp³-hybridized carbons (Fsp3) is 0. The Hall–Kier alpha value is -2.80. The largest absolute Gasteiger partial charge is 0.298 e. The molecule has 2 aromatic carbocycles. The van der Waals surface area contributed by atoms with E-state index in [4.69, 9.17) is 0 Å². The van der Waals surface area contributed by atoms with Crippen LogP contribution in [-0.4, -0.2) is 21.0 Å².